The standard InChI is InChI=1S/C12H12BrF2N3O2/c1-6-11(19)16-2-3-18(6)12(20)17-9-5-7(14)4-8(13)10(9)15/h4-6H,2-3H2,1H3,(H,16,19)(H,17,20)/t6-/m0/s1. The molecule has 0 aromatic heterocycles. The van der Waals surface area contributed by atoms with Crippen LogP contribution in [-0.4, -0.2) is 36.0 Å². The van der Waals surface area contributed by atoms with Gasteiger partial charge in [-0.3, -0.25) is 4.79 Å². The molecule has 1 atom stereocenters. The van der Waals surface area contributed by atoms with Gasteiger partial charge in [-0.25, -0.2) is 13.6 Å². The van der Waals surface area contributed by atoms with Crippen molar-refractivity contribution in [2.75, 3.05) is 18.4 Å². The molecule has 0 saturated carbocycles. The van der Waals surface area contributed by atoms with Crippen molar-refractivity contribution in [3.05, 3.63) is 28.2 Å². The van der Waals surface area contributed by atoms with Gasteiger partial charge in [0.1, 0.15) is 11.9 Å². The summed E-state index contributed by atoms with van der Waals surface area (Å²) >= 11 is 2.86. The highest BCUT2D eigenvalue weighted by Gasteiger charge is 2.29. The van der Waals surface area contributed by atoms with Gasteiger partial charge in [0.05, 0.1) is 10.2 Å². The van der Waals surface area contributed by atoms with E-state index in [1.165, 1.54) is 4.90 Å². The second-order valence-electron chi connectivity index (χ2n) is 4.34. The molecule has 0 spiro atoms. The molecule has 1 aromatic rings. The molecule has 0 aliphatic carbocycles. The Labute approximate surface area is 122 Å². The first-order chi connectivity index (χ1) is 9.40. The number of amides is 3. The van der Waals surface area contributed by atoms with Crippen molar-refractivity contribution in [2.45, 2.75) is 13.0 Å². The topological polar surface area (TPSA) is 61.4 Å². The van der Waals surface area contributed by atoms with Crippen molar-refractivity contribution in [3.63, 3.8) is 0 Å². The fraction of sp³-hybridized carbons (Fsp3) is 0.333. The van der Waals surface area contributed by atoms with Gasteiger partial charge in [0.2, 0.25) is 5.91 Å². The Morgan fingerprint density at radius 2 is 2.20 bits per heavy atom. The quantitative estimate of drug-likeness (QED) is 0.764. The van der Waals surface area contributed by atoms with Gasteiger partial charge >= 0.3 is 6.03 Å². The molecular weight excluding hydrogens is 336 g/mol. The van der Waals surface area contributed by atoms with Crippen molar-refractivity contribution >= 4 is 33.6 Å². The van der Waals surface area contributed by atoms with Crippen LogP contribution in [-0.2, 0) is 4.79 Å². The van der Waals surface area contributed by atoms with E-state index in [1.54, 1.807) is 6.92 Å². The number of carbonyl (C=O) groups is 2. The average molecular weight is 348 g/mol. The van der Waals surface area contributed by atoms with Crippen molar-refractivity contribution in [3.8, 4) is 0 Å². The first-order valence-electron chi connectivity index (χ1n) is 5.90. The van der Waals surface area contributed by atoms with Crippen LogP contribution in [0.2, 0.25) is 0 Å². The van der Waals surface area contributed by atoms with Crippen molar-refractivity contribution in [2.24, 2.45) is 0 Å². The number of rotatable bonds is 1. The summed E-state index contributed by atoms with van der Waals surface area (Å²) in [4.78, 5) is 24.8. The number of piperazine rings is 1. The maximum atomic E-state index is 13.8. The molecule has 1 aliphatic rings. The minimum absolute atomic E-state index is 0.0859. The summed E-state index contributed by atoms with van der Waals surface area (Å²) in [5, 5.41) is 4.88. The highest BCUT2D eigenvalue weighted by atomic mass is 79.9. The Morgan fingerprint density at radius 3 is 2.90 bits per heavy atom. The number of anilines is 1. The lowest BCUT2D eigenvalue weighted by Gasteiger charge is -2.32. The van der Waals surface area contributed by atoms with Gasteiger partial charge in [-0.1, -0.05) is 0 Å². The van der Waals surface area contributed by atoms with Crippen LogP contribution in [0.15, 0.2) is 16.6 Å². The lowest BCUT2D eigenvalue weighted by Crippen LogP contribution is -2.56. The van der Waals surface area contributed by atoms with Crippen LogP contribution in [0.25, 0.3) is 0 Å². The maximum absolute atomic E-state index is 13.8. The molecule has 1 heterocycles. The van der Waals surface area contributed by atoms with Gasteiger partial charge in [-0.2, -0.15) is 0 Å². The Morgan fingerprint density at radius 1 is 1.50 bits per heavy atom. The third kappa shape index (κ3) is 2.90. The third-order valence-corrected chi connectivity index (χ3v) is 3.57. The van der Waals surface area contributed by atoms with Gasteiger partial charge in [-0.15, -0.1) is 0 Å². The summed E-state index contributed by atoms with van der Waals surface area (Å²) in [5.74, 6) is -1.74. The van der Waals surface area contributed by atoms with Crippen molar-refractivity contribution < 1.29 is 18.4 Å². The van der Waals surface area contributed by atoms with Gasteiger partial charge < -0.3 is 15.5 Å². The number of urea groups is 1. The maximum Gasteiger partial charge on any atom is 0.322 e. The van der Waals surface area contributed by atoms with E-state index in [1.807, 2.05) is 0 Å². The Balaban J connectivity index is 2.17. The molecule has 8 heteroatoms. The largest absolute Gasteiger partial charge is 0.353 e. The molecule has 0 unspecified atom stereocenters. The molecule has 2 rings (SSSR count). The fourth-order valence-electron chi connectivity index (χ4n) is 1.89. The molecule has 20 heavy (non-hydrogen) atoms. The number of hydrogen-bond donors (Lipinski definition) is 2. The monoisotopic (exact) mass is 347 g/mol. The lowest BCUT2D eigenvalue weighted by atomic mass is 10.2. The average Bonchev–Trinajstić information content (AvgIpc) is 2.38. The molecule has 0 bridgehead atoms. The number of halogens is 3. The van der Waals surface area contributed by atoms with Gasteiger partial charge in [0.25, 0.3) is 0 Å². The second-order valence-corrected chi connectivity index (χ2v) is 5.19. The molecular formula is C12H12BrF2N3O2. The van der Waals surface area contributed by atoms with E-state index in [9.17, 15) is 18.4 Å². The molecule has 0 radical (unpaired) electrons. The number of nitrogens with zero attached hydrogens (tertiary/aromatic N) is 1. The highest BCUT2D eigenvalue weighted by molar-refractivity contribution is 9.10. The summed E-state index contributed by atoms with van der Waals surface area (Å²) in [5.41, 5.74) is -0.278. The van der Waals surface area contributed by atoms with Crippen LogP contribution in [0.4, 0.5) is 19.3 Å². The van der Waals surface area contributed by atoms with E-state index >= 15 is 0 Å². The second kappa shape index (κ2) is 5.74. The SMILES string of the molecule is C[C@H]1C(=O)NCCN1C(=O)Nc1cc(F)cc(Br)c1F. The molecule has 5 nitrogen and oxygen atoms in total. The minimum Gasteiger partial charge on any atom is -0.353 e. The third-order valence-electron chi connectivity index (χ3n) is 2.99. The summed E-state index contributed by atoms with van der Waals surface area (Å²) in [7, 11) is 0. The van der Waals surface area contributed by atoms with Crippen LogP contribution in [0, 0.1) is 11.6 Å². The number of benzene rings is 1. The number of hydrogen-bond acceptors (Lipinski definition) is 2. The Kier molecular flexibility index (Phi) is 4.22. The zero-order valence-electron chi connectivity index (χ0n) is 10.5. The molecule has 108 valence electrons. The van der Waals surface area contributed by atoms with E-state index in [0.717, 1.165) is 12.1 Å². The predicted molar refractivity (Wildman–Crippen MR) is 72.3 cm³/mol. The van der Waals surface area contributed by atoms with Crippen LogP contribution >= 0.6 is 15.9 Å². The van der Waals surface area contributed by atoms with E-state index in [0.29, 0.717) is 13.1 Å². The van der Waals surface area contributed by atoms with Gasteiger partial charge in [0, 0.05) is 19.2 Å². The summed E-state index contributed by atoms with van der Waals surface area (Å²) in [6.07, 6.45) is 0. The Hall–Kier alpha value is -1.70. The molecule has 2 N–H and O–H groups in total. The van der Waals surface area contributed by atoms with Gasteiger partial charge in [-0.05, 0) is 28.9 Å². The first kappa shape index (κ1) is 14.7. The van der Waals surface area contributed by atoms with E-state index in [4.69, 9.17) is 0 Å². The zero-order valence-corrected chi connectivity index (χ0v) is 12.1. The number of nitrogens with one attached hydrogen (secondary N) is 2. The van der Waals surface area contributed by atoms with Crippen LogP contribution in [0.1, 0.15) is 6.92 Å². The number of carbonyl (C=O) groups excluding carboxylic acids is 2. The van der Waals surface area contributed by atoms with E-state index in [-0.39, 0.29) is 16.1 Å². The molecule has 1 fully saturated rings. The molecule has 1 saturated heterocycles. The summed E-state index contributed by atoms with van der Waals surface area (Å²) in [6.45, 7) is 2.19. The van der Waals surface area contributed by atoms with Crippen molar-refractivity contribution in [1.82, 2.24) is 10.2 Å². The molecule has 1 aromatic carbocycles. The fourth-order valence-corrected chi connectivity index (χ4v) is 2.33. The smallest absolute Gasteiger partial charge is 0.322 e. The van der Waals surface area contributed by atoms with E-state index in [2.05, 4.69) is 26.6 Å². The van der Waals surface area contributed by atoms with Crippen LogP contribution in [0.5, 0.6) is 0 Å². The summed E-state index contributed by atoms with van der Waals surface area (Å²) < 4.78 is 26.9. The minimum atomic E-state index is -0.770. The lowest BCUT2D eigenvalue weighted by molar-refractivity contribution is -0.126. The Bertz CT molecular complexity index is 568. The highest BCUT2D eigenvalue weighted by Crippen LogP contribution is 2.25. The summed E-state index contributed by atoms with van der Waals surface area (Å²) in [6, 6.07) is 0.529. The first-order valence-corrected chi connectivity index (χ1v) is 6.69. The molecule has 3 amide bonds. The van der Waals surface area contributed by atoms with Crippen LogP contribution < -0.4 is 10.6 Å². The zero-order chi connectivity index (χ0) is 14.9. The van der Waals surface area contributed by atoms with Crippen molar-refractivity contribution in [1.29, 1.82) is 0 Å². The van der Waals surface area contributed by atoms with Crippen LogP contribution in [0.3, 0.4) is 0 Å². The van der Waals surface area contributed by atoms with E-state index < -0.39 is 23.7 Å². The normalized spacial score (nSPS) is 18.7. The van der Waals surface area contributed by atoms with Gasteiger partial charge in [0.15, 0.2) is 5.82 Å². The predicted octanol–water partition coefficient (Wildman–Crippen LogP) is 2.08. The molecule has 1 aliphatic heterocycles.